The first kappa shape index (κ1) is 17.8. The van der Waals surface area contributed by atoms with Gasteiger partial charge in [-0.2, -0.15) is 0 Å². The zero-order valence-corrected chi connectivity index (χ0v) is 15.1. The van der Waals surface area contributed by atoms with E-state index in [4.69, 9.17) is 16.3 Å². The van der Waals surface area contributed by atoms with E-state index in [2.05, 4.69) is 48.8 Å². The van der Waals surface area contributed by atoms with Crippen LogP contribution in [0.4, 0.5) is 0 Å². The number of rotatable bonds is 9. The third kappa shape index (κ3) is 5.29. The highest BCUT2D eigenvalue weighted by molar-refractivity contribution is 9.10. The van der Waals surface area contributed by atoms with Crippen molar-refractivity contribution in [1.82, 2.24) is 0 Å². The summed E-state index contributed by atoms with van der Waals surface area (Å²) in [5, 5.41) is 0.0862. The molecule has 0 aliphatic heterocycles. The summed E-state index contributed by atoms with van der Waals surface area (Å²) in [7, 11) is 0. The maximum atomic E-state index is 6.68. The normalized spacial score (nSPS) is 14.1. The van der Waals surface area contributed by atoms with E-state index >= 15 is 0 Å². The van der Waals surface area contributed by atoms with Crippen LogP contribution in [0, 0.1) is 5.92 Å². The van der Waals surface area contributed by atoms with Crippen molar-refractivity contribution in [1.29, 1.82) is 0 Å². The fraction of sp³-hybridized carbons (Fsp3) is 0.647. The highest BCUT2D eigenvalue weighted by Gasteiger charge is 2.19. The Morgan fingerprint density at radius 1 is 1.20 bits per heavy atom. The largest absolute Gasteiger partial charge is 0.492 e. The summed E-state index contributed by atoms with van der Waals surface area (Å²) in [5.74, 6) is 1.45. The molecule has 0 saturated heterocycles. The Labute approximate surface area is 137 Å². The second kappa shape index (κ2) is 9.68. The lowest BCUT2D eigenvalue weighted by molar-refractivity contribution is 0.315. The highest BCUT2D eigenvalue weighted by atomic mass is 79.9. The molecule has 0 spiro atoms. The second-order valence-electron chi connectivity index (χ2n) is 5.25. The molecule has 0 heterocycles. The molecule has 1 aromatic rings. The molecule has 1 rings (SSSR count). The van der Waals surface area contributed by atoms with Crippen molar-refractivity contribution in [3.05, 3.63) is 28.2 Å². The molecule has 0 fully saturated rings. The Morgan fingerprint density at radius 3 is 2.50 bits per heavy atom. The van der Waals surface area contributed by atoms with Gasteiger partial charge in [-0.15, -0.1) is 11.6 Å². The van der Waals surface area contributed by atoms with Gasteiger partial charge < -0.3 is 4.74 Å². The van der Waals surface area contributed by atoms with E-state index in [0.29, 0.717) is 5.92 Å². The molecule has 114 valence electrons. The standard InChI is InChI=1S/C17H26BrClO/c1-4-7-8-13(6-3)17(19)14-9-10-16(15(18)12-14)20-11-5-2/h9-10,12-13,17H,4-8,11H2,1-3H3. The summed E-state index contributed by atoms with van der Waals surface area (Å²) < 4.78 is 6.68. The summed E-state index contributed by atoms with van der Waals surface area (Å²) in [6.07, 6.45) is 5.82. The smallest absolute Gasteiger partial charge is 0.133 e. The quantitative estimate of drug-likeness (QED) is 0.443. The zero-order chi connectivity index (χ0) is 15.0. The number of benzene rings is 1. The van der Waals surface area contributed by atoms with Gasteiger partial charge in [-0.25, -0.2) is 0 Å². The maximum absolute atomic E-state index is 6.68. The third-order valence-corrected chi connectivity index (χ3v) is 4.83. The Bertz CT molecular complexity index is 395. The molecule has 1 aromatic carbocycles. The average Bonchev–Trinajstić information content (AvgIpc) is 2.46. The number of hydrogen-bond donors (Lipinski definition) is 0. The first-order valence-corrected chi connectivity index (χ1v) is 8.93. The number of halogens is 2. The van der Waals surface area contributed by atoms with E-state index in [-0.39, 0.29) is 5.38 Å². The highest BCUT2D eigenvalue weighted by Crippen LogP contribution is 2.37. The molecular formula is C17H26BrClO. The van der Waals surface area contributed by atoms with Gasteiger partial charge in [0, 0.05) is 0 Å². The van der Waals surface area contributed by atoms with Crippen molar-refractivity contribution in [2.75, 3.05) is 6.61 Å². The molecule has 0 aliphatic carbocycles. The zero-order valence-electron chi connectivity index (χ0n) is 12.8. The van der Waals surface area contributed by atoms with Gasteiger partial charge in [-0.3, -0.25) is 0 Å². The minimum atomic E-state index is 0.0862. The Balaban J connectivity index is 2.76. The van der Waals surface area contributed by atoms with Crippen LogP contribution in [0.1, 0.15) is 63.8 Å². The summed E-state index contributed by atoms with van der Waals surface area (Å²) >= 11 is 10.3. The Kier molecular flexibility index (Phi) is 8.63. The van der Waals surface area contributed by atoms with E-state index in [1.54, 1.807) is 0 Å². The monoisotopic (exact) mass is 360 g/mol. The van der Waals surface area contributed by atoms with Crippen molar-refractivity contribution in [2.24, 2.45) is 5.92 Å². The molecule has 0 aliphatic rings. The first-order valence-electron chi connectivity index (χ1n) is 7.70. The second-order valence-corrected chi connectivity index (χ2v) is 6.58. The SMILES string of the molecule is CCCCC(CC)C(Cl)c1ccc(OCCC)c(Br)c1. The number of alkyl halides is 1. The fourth-order valence-corrected chi connectivity index (χ4v) is 3.26. The lowest BCUT2D eigenvalue weighted by Crippen LogP contribution is -2.07. The van der Waals surface area contributed by atoms with Gasteiger partial charge in [-0.1, -0.05) is 46.1 Å². The van der Waals surface area contributed by atoms with Gasteiger partial charge in [0.25, 0.3) is 0 Å². The first-order chi connectivity index (χ1) is 9.63. The minimum Gasteiger partial charge on any atom is -0.492 e. The van der Waals surface area contributed by atoms with Crippen LogP contribution in [0.3, 0.4) is 0 Å². The van der Waals surface area contributed by atoms with E-state index in [1.165, 1.54) is 24.8 Å². The molecule has 0 radical (unpaired) electrons. The van der Waals surface area contributed by atoms with Crippen LogP contribution < -0.4 is 4.74 Å². The predicted octanol–water partition coefficient (Wildman–Crippen LogP) is 6.73. The number of hydrogen-bond acceptors (Lipinski definition) is 1. The minimum absolute atomic E-state index is 0.0862. The van der Waals surface area contributed by atoms with Crippen LogP contribution in [0.25, 0.3) is 0 Å². The maximum Gasteiger partial charge on any atom is 0.133 e. The Hall–Kier alpha value is -0.210. The summed E-state index contributed by atoms with van der Waals surface area (Å²) in [4.78, 5) is 0. The molecule has 1 nitrogen and oxygen atoms in total. The molecule has 0 saturated carbocycles. The lowest BCUT2D eigenvalue weighted by atomic mass is 9.91. The van der Waals surface area contributed by atoms with Gasteiger partial charge in [0.2, 0.25) is 0 Å². The van der Waals surface area contributed by atoms with Crippen LogP contribution in [0.5, 0.6) is 5.75 Å². The molecule has 2 atom stereocenters. The molecule has 0 N–H and O–H groups in total. The van der Waals surface area contributed by atoms with Crippen molar-refractivity contribution < 1.29 is 4.74 Å². The van der Waals surface area contributed by atoms with Crippen molar-refractivity contribution >= 4 is 27.5 Å². The van der Waals surface area contributed by atoms with E-state index in [1.807, 2.05) is 6.07 Å². The molecule has 20 heavy (non-hydrogen) atoms. The average molecular weight is 362 g/mol. The molecule has 2 unspecified atom stereocenters. The van der Waals surface area contributed by atoms with Gasteiger partial charge in [-0.05, 0) is 52.4 Å². The van der Waals surface area contributed by atoms with Crippen molar-refractivity contribution in [3.63, 3.8) is 0 Å². The van der Waals surface area contributed by atoms with Crippen molar-refractivity contribution in [3.8, 4) is 5.75 Å². The molecular weight excluding hydrogens is 336 g/mol. The van der Waals surface area contributed by atoms with Crippen LogP contribution in [-0.4, -0.2) is 6.61 Å². The molecule has 0 bridgehead atoms. The van der Waals surface area contributed by atoms with Crippen LogP contribution in [0.2, 0.25) is 0 Å². The van der Waals surface area contributed by atoms with Gasteiger partial charge >= 0.3 is 0 Å². The lowest BCUT2D eigenvalue weighted by Gasteiger charge is -2.21. The van der Waals surface area contributed by atoms with E-state index in [0.717, 1.165) is 29.7 Å². The van der Waals surface area contributed by atoms with Crippen LogP contribution >= 0.6 is 27.5 Å². The molecule has 0 amide bonds. The fourth-order valence-electron chi connectivity index (χ4n) is 2.31. The van der Waals surface area contributed by atoms with E-state index < -0.39 is 0 Å². The topological polar surface area (TPSA) is 9.23 Å². The van der Waals surface area contributed by atoms with Gasteiger partial charge in [0.1, 0.15) is 5.75 Å². The van der Waals surface area contributed by atoms with E-state index in [9.17, 15) is 0 Å². The third-order valence-electron chi connectivity index (χ3n) is 3.60. The van der Waals surface area contributed by atoms with Crippen molar-refractivity contribution in [2.45, 2.75) is 58.3 Å². The number of ether oxygens (including phenoxy) is 1. The van der Waals surface area contributed by atoms with Crippen LogP contribution in [-0.2, 0) is 0 Å². The summed E-state index contributed by atoms with van der Waals surface area (Å²) in [5.41, 5.74) is 1.19. The Morgan fingerprint density at radius 2 is 1.95 bits per heavy atom. The summed E-state index contributed by atoms with van der Waals surface area (Å²) in [6.45, 7) is 7.31. The summed E-state index contributed by atoms with van der Waals surface area (Å²) in [6, 6.07) is 6.23. The van der Waals surface area contributed by atoms with Gasteiger partial charge in [0.15, 0.2) is 0 Å². The molecule has 3 heteroatoms. The predicted molar refractivity (Wildman–Crippen MR) is 91.8 cm³/mol. The molecule has 0 aromatic heterocycles. The van der Waals surface area contributed by atoms with Crippen LogP contribution in [0.15, 0.2) is 22.7 Å². The number of unbranched alkanes of at least 4 members (excludes halogenated alkanes) is 1. The van der Waals surface area contributed by atoms with Gasteiger partial charge in [0.05, 0.1) is 16.5 Å².